The van der Waals surface area contributed by atoms with E-state index in [1.54, 1.807) is 7.11 Å². The zero-order valence-electron chi connectivity index (χ0n) is 13.2. The van der Waals surface area contributed by atoms with Crippen LogP contribution in [0.4, 0.5) is 5.69 Å². The molecule has 0 saturated heterocycles. The highest BCUT2D eigenvalue weighted by Crippen LogP contribution is 2.33. The Hall–Kier alpha value is -1.67. The van der Waals surface area contributed by atoms with Gasteiger partial charge in [0.2, 0.25) is 0 Å². The quantitative estimate of drug-likeness (QED) is 0.414. The number of rotatable bonds is 4. The van der Waals surface area contributed by atoms with Crippen LogP contribution in [-0.2, 0) is 13.0 Å². The number of anilines is 1. The molecule has 0 amide bonds. The maximum absolute atomic E-state index is 6.14. The second-order valence-corrected chi connectivity index (χ2v) is 5.64. The van der Waals surface area contributed by atoms with Gasteiger partial charge in [0.05, 0.1) is 20.3 Å². The highest BCUT2D eigenvalue weighted by atomic mass is 127. The van der Waals surface area contributed by atoms with Crippen LogP contribution in [0.15, 0.2) is 41.4 Å². The smallest absolute Gasteiger partial charge is 0.193 e. The zero-order chi connectivity index (χ0) is 16.2. The van der Waals surface area contributed by atoms with Gasteiger partial charge in [-0.05, 0) is 42.0 Å². The summed E-state index contributed by atoms with van der Waals surface area (Å²) in [6.07, 6.45) is 0.881. The number of nitrogens with two attached hydrogens (primary N) is 1. The highest BCUT2D eigenvalue weighted by molar-refractivity contribution is 14.0. The van der Waals surface area contributed by atoms with Crippen LogP contribution in [0.25, 0.3) is 0 Å². The van der Waals surface area contributed by atoms with Gasteiger partial charge < -0.3 is 20.5 Å². The lowest BCUT2D eigenvalue weighted by Gasteiger charge is -2.09. The van der Waals surface area contributed by atoms with E-state index in [0.717, 1.165) is 34.7 Å². The fourth-order valence-corrected chi connectivity index (χ4v) is 2.76. The summed E-state index contributed by atoms with van der Waals surface area (Å²) >= 11 is 6.14. The van der Waals surface area contributed by atoms with Crippen LogP contribution >= 0.6 is 35.6 Å². The summed E-state index contributed by atoms with van der Waals surface area (Å²) in [7, 11) is 1.63. The summed E-state index contributed by atoms with van der Waals surface area (Å²) in [4.78, 5) is 4.36. The number of guanidine groups is 1. The first-order valence-electron chi connectivity index (χ1n) is 7.31. The van der Waals surface area contributed by atoms with Gasteiger partial charge in [0.25, 0.3) is 0 Å². The van der Waals surface area contributed by atoms with Crippen molar-refractivity contribution in [1.29, 1.82) is 0 Å². The second kappa shape index (κ2) is 8.43. The van der Waals surface area contributed by atoms with Gasteiger partial charge in [-0.15, -0.1) is 24.0 Å². The van der Waals surface area contributed by atoms with Crippen LogP contribution in [0.3, 0.4) is 0 Å². The molecular formula is C17H19ClIN3O2. The Kier molecular flexibility index (Phi) is 6.56. The molecule has 0 fully saturated rings. The molecule has 7 heteroatoms. The first-order valence-corrected chi connectivity index (χ1v) is 7.68. The van der Waals surface area contributed by atoms with Crippen molar-refractivity contribution in [3.63, 3.8) is 0 Å². The number of nitrogens with zero attached hydrogens (tertiary/aromatic N) is 1. The van der Waals surface area contributed by atoms with Gasteiger partial charge in [-0.25, -0.2) is 4.99 Å². The molecule has 3 N–H and O–H groups in total. The van der Waals surface area contributed by atoms with Gasteiger partial charge in [0, 0.05) is 22.7 Å². The van der Waals surface area contributed by atoms with E-state index in [1.165, 1.54) is 0 Å². The van der Waals surface area contributed by atoms with E-state index in [9.17, 15) is 0 Å². The Labute approximate surface area is 163 Å². The maximum Gasteiger partial charge on any atom is 0.193 e. The van der Waals surface area contributed by atoms with Gasteiger partial charge >= 0.3 is 0 Å². The van der Waals surface area contributed by atoms with E-state index in [4.69, 9.17) is 26.8 Å². The molecule has 0 unspecified atom stereocenters. The molecule has 3 rings (SSSR count). The second-order valence-electron chi connectivity index (χ2n) is 5.21. The van der Waals surface area contributed by atoms with E-state index >= 15 is 0 Å². The van der Waals surface area contributed by atoms with Crippen molar-refractivity contribution in [2.45, 2.75) is 13.0 Å². The van der Waals surface area contributed by atoms with Crippen LogP contribution in [0.1, 0.15) is 11.1 Å². The molecule has 24 heavy (non-hydrogen) atoms. The molecule has 1 aliphatic heterocycles. The van der Waals surface area contributed by atoms with Crippen LogP contribution in [0, 0.1) is 0 Å². The third kappa shape index (κ3) is 4.45. The van der Waals surface area contributed by atoms with Gasteiger partial charge in [0.15, 0.2) is 5.96 Å². The molecule has 0 radical (unpaired) electrons. The minimum Gasteiger partial charge on any atom is -0.497 e. The van der Waals surface area contributed by atoms with Crippen molar-refractivity contribution in [3.8, 4) is 11.5 Å². The SMILES string of the molecule is COc1ccc(NC(N)=NCc2cc(Cl)cc3c2OCC3)cc1.I. The lowest BCUT2D eigenvalue weighted by atomic mass is 10.1. The van der Waals surface area contributed by atoms with Crippen LogP contribution < -0.4 is 20.5 Å². The van der Waals surface area contributed by atoms with E-state index < -0.39 is 0 Å². The topological polar surface area (TPSA) is 68.9 Å². The lowest BCUT2D eigenvalue weighted by molar-refractivity contribution is 0.353. The summed E-state index contributed by atoms with van der Waals surface area (Å²) in [5.74, 6) is 2.01. The summed E-state index contributed by atoms with van der Waals surface area (Å²) in [6, 6.07) is 11.3. The van der Waals surface area contributed by atoms with E-state index in [-0.39, 0.29) is 24.0 Å². The predicted molar refractivity (Wildman–Crippen MR) is 108 cm³/mol. The Morgan fingerprint density at radius 1 is 1.33 bits per heavy atom. The van der Waals surface area contributed by atoms with Crippen LogP contribution in [0.2, 0.25) is 5.02 Å². The number of aliphatic imine (C=N–C) groups is 1. The molecule has 2 aromatic rings. The number of nitrogens with one attached hydrogen (secondary N) is 1. The van der Waals surface area contributed by atoms with Crippen molar-refractivity contribution >= 4 is 47.2 Å². The minimum absolute atomic E-state index is 0. The summed E-state index contributed by atoms with van der Waals surface area (Å²) in [6.45, 7) is 1.10. The van der Waals surface area contributed by atoms with Crippen molar-refractivity contribution in [1.82, 2.24) is 0 Å². The number of halogens is 2. The van der Waals surface area contributed by atoms with Crippen molar-refractivity contribution in [2.75, 3.05) is 19.0 Å². The van der Waals surface area contributed by atoms with Crippen molar-refractivity contribution in [2.24, 2.45) is 10.7 Å². The standard InChI is InChI=1S/C17H18ClN3O2.HI/c1-22-15-4-2-14(3-5-15)21-17(19)20-10-12-9-13(18)8-11-6-7-23-16(11)12;/h2-5,8-9H,6-7,10H2,1H3,(H3,19,20,21);1H. The molecule has 0 aromatic heterocycles. The van der Waals surface area contributed by atoms with Crippen molar-refractivity contribution < 1.29 is 9.47 Å². The van der Waals surface area contributed by atoms with E-state index in [1.807, 2.05) is 36.4 Å². The molecular weight excluding hydrogens is 441 g/mol. The summed E-state index contributed by atoms with van der Waals surface area (Å²) in [5, 5.41) is 3.74. The average molecular weight is 460 g/mol. The zero-order valence-corrected chi connectivity index (χ0v) is 16.3. The average Bonchev–Trinajstić information content (AvgIpc) is 3.01. The van der Waals surface area contributed by atoms with E-state index in [2.05, 4.69) is 10.3 Å². The van der Waals surface area contributed by atoms with Crippen molar-refractivity contribution in [3.05, 3.63) is 52.5 Å². The number of hydrogen-bond donors (Lipinski definition) is 2. The number of fused-ring (bicyclic) bond motifs is 1. The molecule has 2 aromatic carbocycles. The maximum atomic E-state index is 6.14. The first kappa shape index (κ1) is 18.7. The fraction of sp³-hybridized carbons (Fsp3) is 0.235. The summed E-state index contributed by atoms with van der Waals surface area (Å²) < 4.78 is 10.8. The molecule has 0 aliphatic carbocycles. The molecule has 1 heterocycles. The molecule has 1 aliphatic rings. The number of hydrogen-bond acceptors (Lipinski definition) is 3. The molecule has 5 nitrogen and oxygen atoms in total. The monoisotopic (exact) mass is 459 g/mol. The van der Waals surface area contributed by atoms with Crippen LogP contribution in [-0.4, -0.2) is 19.7 Å². The third-order valence-electron chi connectivity index (χ3n) is 3.61. The largest absolute Gasteiger partial charge is 0.497 e. The molecule has 0 spiro atoms. The molecule has 0 bridgehead atoms. The fourth-order valence-electron chi connectivity index (χ4n) is 2.50. The van der Waals surface area contributed by atoms with Crippen LogP contribution in [0.5, 0.6) is 11.5 Å². The van der Waals surface area contributed by atoms with Gasteiger partial charge in [-0.2, -0.15) is 0 Å². The van der Waals surface area contributed by atoms with Gasteiger partial charge in [-0.3, -0.25) is 0 Å². The number of benzene rings is 2. The first-order chi connectivity index (χ1) is 11.2. The normalized spacial score (nSPS) is 12.8. The molecule has 0 saturated carbocycles. The Morgan fingerprint density at radius 2 is 2.08 bits per heavy atom. The predicted octanol–water partition coefficient (Wildman–Crippen LogP) is 3.83. The number of methoxy groups -OCH3 is 1. The third-order valence-corrected chi connectivity index (χ3v) is 3.83. The van der Waals surface area contributed by atoms with E-state index in [0.29, 0.717) is 24.1 Å². The Balaban J connectivity index is 0.00000208. The molecule has 0 atom stereocenters. The lowest BCUT2D eigenvalue weighted by Crippen LogP contribution is -2.22. The minimum atomic E-state index is 0. The Bertz CT molecular complexity index is 735. The summed E-state index contributed by atoms with van der Waals surface area (Å²) in [5.41, 5.74) is 8.87. The van der Waals surface area contributed by atoms with Gasteiger partial charge in [-0.1, -0.05) is 11.6 Å². The Morgan fingerprint density at radius 3 is 2.79 bits per heavy atom. The van der Waals surface area contributed by atoms with Gasteiger partial charge in [0.1, 0.15) is 11.5 Å². The highest BCUT2D eigenvalue weighted by Gasteiger charge is 2.17. The molecule has 128 valence electrons. The number of ether oxygens (including phenoxy) is 2.